The van der Waals surface area contributed by atoms with Gasteiger partial charge in [0.25, 0.3) is 0 Å². The molecule has 2 amide bonds. The molecule has 8 nitrogen and oxygen atoms in total. The normalized spacial score (nSPS) is 9.97. The summed E-state index contributed by atoms with van der Waals surface area (Å²) in [6, 6.07) is 16.0. The molecule has 0 radical (unpaired) electrons. The first-order valence-electron chi connectivity index (χ1n) is 9.74. The molecule has 31 heavy (non-hydrogen) atoms. The summed E-state index contributed by atoms with van der Waals surface area (Å²) in [4.78, 5) is 38.2. The van der Waals surface area contributed by atoms with Gasteiger partial charge in [-0.05, 0) is 29.8 Å². The number of hydrogen-bond donors (Lipinski definition) is 1. The van der Waals surface area contributed by atoms with Crippen LogP contribution in [-0.4, -0.2) is 38.5 Å². The minimum Gasteiger partial charge on any atom is -0.496 e. The van der Waals surface area contributed by atoms with Crippen LogP contribution in [0.5, 0.6) is 5.75 Å². The number of carbonyl (C=O) groups excluding carboxylic acids is 3. The van der Waals surface area contributed by atoms with E-state index in [1.54, 1.807) is 30.3 Å². The Morgan fingerprint density at radius 1 is 1.06 bits per heavy atom. The number of nitrogens with one attached hydrogen (secondary N) is 1. The van der Waals surface area contributed by atoms with Crippen molar-refractivity contribution in [3.8, 4) is 11.8 Å². The standard InChI is InChI=1S/C23H25N3O5/c1-30-20-10-9-17(15-19(20)23(29)31-2)16-25-21(27)11-12-22(28)26(14-6-13-24)18-7-4-3-5-8-18/h3-5,7-10,15H,6,11-12,14,16H2,1-2H3,(H,25,27). The van der Waals surface area contributed by atoms with E-state index in [4.69, 9.17) is 14.7 Å². The summed E-state index contributed by atoms with van der Waals surface area (Å²) in [6.07, 6.45) is 0.226. The molecule has 0 atom stereocenters. The zero-order valence-corrected chi connectivity index (χ0v) is 17.6. The minimum absolute atomic E-state index is 0.00866. The van der Waals surface area contributed by atoms with Crippen LogP contribution >= 0.6 is 0 Å². The summed E-state index contributed by atoms with van der Waals surface area (Å²) in [6.45, 7) is 0.459. The number of anilines is 1. The highest BCUT2D eigenvalue weighted by atomic mass is 16.5. The van der Waals surface area contributed by atoms with Crippen LogP contribution in [-0.2, 0) is 20.9 Å². The molecule has 0 aromatic heterocycles. The number of rotatable bonds is 10. The van der Waals surface area contributed by atoms with Gasteiger partial charge in [0.05, 0.1) is 26.7 Å². The number of benzene rings is 2. The lowest BCUT2D eigenvalue weighted by molar-refractivity contribution is -0.125. The molecule has 0 unspecified atom stereocenters. The lowest BCUT2D eigenvalue weighted by Crippen LogP contribution is -2.33. The van der Waals surface area contributed by atoms with Gasteiger partial charge in [0.15, 0.2) is 0 Å². The molecule has 2 rings (SSSR count). The SMILES string of the molecule is COC(=O)c1cc(CNC(=O)CCC(=O)N(CCC#N)c2ccccc2)ccc1OC. The Bertz CT molecular complexity index is 953. The molecule has 2 aromatic rings. The van der Waals surface area contributed by atoms with Crippen molar-refractivity contribution < 1.29 is 23.9 Å². The third-order valence-corrected chi connectivity index (χ3v) is 4.54. The molecule has 0 bridgehead atoms. The van der Waals surface area contributed by atoms with E-state index in [1.807, 2.05) is 24.3 Å². The molecule has 0 saturated heterocycles. The molecule has 1 N–H and O–H groups in total. The van der Waals surface area contributed by atoms with Crippen molar-refractivity contribution in [1.29, 1.82) is 5.26 Å². The molecule has 8 heteroatoms. The second-order valence-electron chi connectivity index (χ2n) is 6.59. The molecular formula is C23H25N3O5. The van der Waals surface area contributed by atoms with Crippen molar-refractivity contribution in [2.75, 3.05) is 25.7 Å². The number of esters is 1. The van der Waals surface area contributed by atoms with Crippen molar-refractivity contribution >= 4 is 23.5 Å². The van der Waals surface area contributed by atoms with Crippen LogP contribution in [0.25, 0.3) is 0 Å². The van der Waals surface area contributed by atoms with Gasteiger partial charge in [0.1, 0.15) is 11.3 Å². The van der Waals surface area contributed by atoms with Gasteiger partial charge >= 0.3 is 5.97 Å². The molecule has 0 spiro atoms. The maximum atomic E-state index is 12.6. The van der Waals surface area contributed by atoms with Crippen molar-refractivity contribution in [3.63, 3.8) is 0 Å². The Morgan fingerprint density at radius 2 is 1.81 bits per heavy atom. The maximum absolute atomic E-state index is 12.6. The van der Waals surface area contributed by atoms with Crippen LogP contribution in [0.3, 0.4) is 0 Å². The van der Waals surface area contributed by atoms with Crippen LogP contribution < -0.4 is 15.0 Å². The van der Waals surface area contributed by atoms with E-state index in [2.05, 4.69) is 5.32 Å². The summed E-state index contributed by atoms with van der Waals surface area (Å²) in [7, 11) is 2.73. The van der Waals surface area contributed by atoms with Gasteiger partial charge in [-0.1, -0.05) is 24.3 Å². The number of ether oxygens (including phenoxy) is 2. The fourth-order valence-electron chi connectivity index (χ4n) is 2.95. The average Bonchev–Trinajstić information content (AvgIpc) is 2.81. The molecule has 0 heterocycles. The molecule has 0 aliphatic carbocycles. The predicted molar refractivity (Wildman–Crippen MR) is 114 cm³/mol. The van der Waals surface area contributed by atoms with E-state index in [9.17, 15) is 14.4 Å². The molecule has 0 aliphatic rings. The van der Waals surface area contributed by atoms with Crippen molar-refractivity contribution in [2.45, 2.75) is 25.8 Å². The Hall–Kier alpha value is -3.86. The first-order valence-corrected chi connectivity index (χ1v) is 9.74. The summed E-state index contributed by atoms with van der Waals surface area (Å²) in [5, 5.41) is 11.6. The Morgan fingerprint density at radius 3 is 2.45 bits per heavy atom. The molecule has 0 saturated carbocycles. The van der Waals surface area contributed by atoms with Gasteiger partial charge < -0.3 is 19.7 Å². The zero-order valence-electron chi connectivity index (χ0n) is 17.6. The van der Waals surface area contributed by atoms with Crippen LogP contribution in [0.2, 0.25) is 0 Å². The smallest absolute Gasteiger partial charge is 0.341 e. The molecular weight excluding hydrogens is 398 g/mol. The lowest BCUT2D eigenvalue weighted by atomic mass is 10.1. The number of nitriles is 1. The highest BCUT2D eigenvalue weighted by Crippen LogP contribution is 2.21. The van der Waals surface area contributed by atoms with Gasteiger partial charge in [0, 0.05) is 31.6 Å². The van der Waals surface area contributed by atoms with Crippen molar-refractivity contribution in [2.24, 2.45) is 0 Å². The second-order valence-corrected chi connectivity index (χ2v) is 6.59. The Kier molecular flexibility index (Phi) is 9.05. The van der Waals surface area contributed by atoms with Gasteiger partial charge in [-0.15, -0.1) is 0 Å². The number of hydrogen-bond acceptors (Lipinski definition) is 6. The van der Waals surface area contributed by atoms with Gasteiger partial charge in [-0.2, -0.15) is 5.26 Å². The van der Waals surface area contributed by atoms with Crippen LogP contribution in [0.15, 0.2) is 48.5 Å². The maximum Gasteiger partial charge on any atom is 0.341 e. The van der Waals surface area contributed by atoms with E-state index >= 15 is 0 Å². The molecule has 0 aliphatic heterocycles. The monoisotopic (exact) mass is 423 g/mol. The van der Waals surface area contributed by atoms with Crippen molar-refractivity contribution in [3.05, 3.63) is 59.7 Å². The highest BCUT2D eigenvalue weighted by molar-refractivity contribution is 5.95. The first-order chi connectivity index (χ1) is 15.0. The predicted octanol–water partition coefficient (Wildman–Crippen LogP) is 2.83. The van der Waals surface area contributed by atoms with Crippen molar-refractivity contribution in [1.82, 2.24) is 5.32 Å². The summed E-state index contributed by atoms with van der Waals surface area (Å²) < 4.78 is 9.89. The highest BCUT2D eigenvalue weighted by Gasteiger charge is 2.17. The van der Waals surface area contributed by atoms with Gasteiger partial charge in [-0.3, -0.25) is 9.59 Å². The van der Waals surface area contributed by atoms with Gasteiger partial charge in [-0.25, -0.2) is 4.79 Å². The Balaban J connectivity index is 1.93. The number of nitrogens with zero attached hydrogens (tertiary/aromatic N) is 2. The van der Waals surface area contributed by atoms with E-state index in [0.29, 0.717) is 17.0 Å². The number of carbonyl (C=O) groups is 3. The fraction of sp³-hybridized carbons (Fsp3) is 0.304. The van der Waals surface area contributed by atoms with E-state index in [0.717, 1.165) is 0 Å². The first kappa shape index (κ1) is 23.4. The Labute approximate surface area is 181 Å². The zero-order chi connectivity index (χ0) is 22.6. The summed E-state index contributed by atoms with van der Waals surface area (Å²) >= 11 is 0. The minimum atomic E-state index is -0.533. The number of para-hydroxylation sites is 1. The average molecular weight is 423 g/mol. The molecule has 2 aromatic carbocycles. The van der Waals surface area contributed by atoms with E-state index in [-0.39, 0.29) is 49.7 Å². The van der Waals surface area contributed by atoms with E-state index in [1.165, 1.54) is 19.1 Å². The van der Waals surface area contributed by atoms with E-state index < -0.39 is 5.97 Å². The number of amides is 2. The summed E-state index contributed by atoms with van der Waals surface area (Å²) in [5.74, 6) is -0.675. The van der Waals surface area contributed by atoms with Crippen LogP contribution in [0.1, 0.15) is 35.2 Å². The fourth-order valence-corrected chi connectivity index (χ4v) is 2.95. The topological polar surface area (TPSA) is 109 Å². The van der Waals surface area contributed by atoms with Gasteiger partial charge in [0.2, 0.25) is 11.8 Å². The third kappa shape index (κ3) is 6.85. The second kappa shape index (κ2) is 12.0. The molecule has 0 fully saturated rings. The largest absolute Gasteiger partial charge is 0.496 e. The van der Waals surface area contributed by atoms with Crippen LogP contribution in [0, 0.1) is 11.3 Å². The molecule has 162 valence electrons. The quantitative estimate of drug-likeness (QED) is 0.589. The number of methoxy groups -OCH3 is 2. The lowest BCUT2D eigenvalue weighted by Gasteiger charge is -2.21. The summed E-state index contributed by atoms with van der Waals surface area (Å²) in [5.41, 5.74) is 1.65. The third-order valence-electron chi connectivity index (χ3n) is 4.54. The van der Waals surface area contributed by atoms with Crippen LogP contribution in [0.4, 0.5) is 5.69 Å².